The molecule has 6 heteroatoms. The third kappa shape index (κ3) is 65.8. The molecule has 0 heterocycles. The first kappa shape index (κ1) is 76.1. The van der Waals surface area contributed by atoms with E-state index in [9.17, 15) is 14.4 Å². The minimum Gasteiger partial charge on any atom is -0.462 e. The fourth-order valence-corrected chi connectivity index (χ4v) is 10.3. The van der Waals surface area contributed by atoms with Gasteiger partial charge in [-0.2, -0.15) is 0 Å². The molecule has 1 unspecified atom stereocenters. The molecule has 460 valence electrons. The van der Waals surface area contributed by atoms with Crippen LogP contribution < -0.4 is 0 Å². The third-order valence-electron chi connectivity index (χ3n) is 15.5. The van der Waals surface area contributed by atoms with Crippen LogP contribution in [0, 0.1) is 0 Å². The third-order valence-corrected chi connectivity index (χ3v) is 15.5. The van der Waals surface area contributed by atoms with E-state index >= 15 is 0 Å². The molecule has 0 aromatic rings. The van der Waals surface area contributed by atoms with Crippen molar-refractivity contribution in [1.29, 1.82) is 0 Å². The maximum Gasteiger partial charge on any atom is 0.306 e. The lowest BCUT2D eigenvalue weighted by molar-refractivity contribution is -0.167. The van der Waals surface area contributed by atoms with Crippen molar-refractivity contribution < 1.29 is 28.6 Å². The smallest absolute Gasteiger partial charge is 0.306 e. The van der Waals surface area contributed by atoms with Gasteiger partial charge in [-0.25, -0.2) is 0 Å². The van der Waals surface area contributed by atoms with Crippen molar-refractivity contribution >= 4 is 17.9 Å². The minimum atomic E-state index is -0.777. The molecule has 0 aromatic carbocycles. The molecule has 0 radical (unpaired) electrons. The largest absolute Gasteiger partial charge is 0.462 e. The van der Waals surface area contributed by atoms with Crippen molar-refractivity contribution in [2.75, 3.05) is 13.2 Å². The summed E-state index contributed by atoms with van der Waals surface area (Å²) in [5.74, 6) is -0.858. The summed E-state index contributed by atoms with van der Waals surface area (Å²) in [6.07, 6.45) is 86.7. The average Bonchev–Trinajstić information content (AvgIpc) is 3.45. The summed E-state index contributed by atoms with van der Waals surface area (Å²) in [7, 11) is 0. The Kier molecular flexibility index (Phi) is 65.1. The fraction of sp³-hybridized carbons (Fsp3) is 0.822. The summed E-state index contributed by atoms with van der Waals surface area (Å²) in [6.45, 7) is 6.58. The second-order valence-electron chi connectivity index (χ2n) is 23.4. The molecule has 1 atom stereocenters. The van der Waals surface area contributed by atoms with Gasteiger partial charge >= 0.3 is 17.9 Å². The average molecular weight is 1110 g/mol. The van der Waals surface area contributed by atoms with Gasteiger partial charge in [-0.15, -0.1) is 0 Å². The minimum absolute atomic E-state index is 0.0735. The fourth-order valence-electron chi connectivity index (χ4n) is 10.3. The van der Waals surface area contributed by atoms with E-state index in [1.54, 1.807) is 0 Å². The van der Waals surface area contributed by atoms with Crippen molar-refractivity contribution in [2.24, 2.45) is 0 Å². The Bertz CT molecular complexity index is 1410. The van der Waals surface area contributed by atoms with Gasteiger partial charge < -0.3 is 14.2 Å². The van der Waals surface area contributed by atoms with E-state index in [1.165, 1.54) is 238 Å². The summed E-state index contributed by atoms with van der Waals surface area (Å²) < 4.78 is 17.0. The summed E-state index contributed by atoms with van der Waals surface area (Å²) in [5.41, 5.74) is 0. The lowest BCUT2D eigenvalue weighted by Gasteiger charge is -2.18. The molecule has 0 aliphatic heterocycles. The predicted molar refractivity (Wildman–Crippen MR) is 344 cm³/mol. The second kappa shape index (κ2) is 67.6. The second-order valence-corrected chi connectivity index (χ2v) is 23.4. The Morgan fingerprint density at radius 2 is 0.494 bits per heavy atom. The van der Waals surface area contributed by atoms with Gasteiger partial charge in [0.05, 0.1) is 0 Å². The Morgan fingerprint density at radius 3 is 0.785 bits per heavy atom. The van der Waals surface area contributed by atoms with Crippen LogP contribution in [-0.4, -0.2) is 37.2 Å². The monoisotopic (exact) mass is 1110 g/mol. The molecule has 0 saturated heterocycles. The van der Waals surface area contributed by atoms with Gasteiger partial charge in [0.1, 0.15) is 13.2 Å². The molecule has 0 N–H and O–H groups in total. The van der Waals surface area contributed by atoms with Crippen molar-refractivity contribution in [3.63, 3.8) is 0 Å². The van der Waals surface area contributed by atoms with E-state index < -0.39 is 6.10 Å². The molecule has 0 aliphatic carbocycles. The van der Waals surface area contributed by atoms with E-state index in [1.807, 2.05) is 0 Å². The zero-order valence-corrected chi connectivity index (χ0v) is 52.9. The van der Waals surface area contributed by atoms with E-state index in [0.29, 0.717) is 19.3 Å². The van der Waals surface area contributed by atoms with Crippen LogP contribution in [0.2, 0.25) is 0 Å². The van der Waals surface area contributed by atoms with Gasteiger partial charge in [0, 0.05) is 19.3 Å². The number of rotatable bonds is 64. The van der Waals surface area contributed by atoms with Crippen LogP contribution in [-0.2, 0) is 28.6 Å². The first-order valence-electron chi connectivity index (χ1n) is 34.8. The lowest BCUT2D eigenvalue weighted by Crippen LogP contribution is -2.30. The van der Waals surface area contributed by atoms with Gasteiger partial charge in [0.25, 0.3) is 0 Å². The number of allylic oxidation sites excluding steroid dienone is 10. The first-order valence-corrected chi connectivity index (χ1v) is 34.8. The zero-order chi connectivity index (χ0) is 57.1. The maximum atomic E-state index is 13.0. The van der Waals surface area contributed by atoms with Crippen LogP contribution in [0.5, 0.6) is 0 Å². The number of carbonyl (C=O) groups excluding carboxylic acids is 3. The lowest BCUT2D eigenvalue weighted by atomic mass is 10.0. The standard InChI is InChI=1S/C73H132O6/c1-4-7-10-13-16-19-22-25-28-31-33-35-36-37-38-39-41-42-45-48-51-54-57-60-63-66-72(75)78-69-70(68-77-71(74)65-62-59-56-53-50-47-44-30-27-24-21-18-15-12-9-6-3)79-73(76)67-64-61-58-55-52-49-46-43-40-34-32-29-26-23-20-17-14-11-8-5-2/h7,10,16,19,25,28,30,33,35,44,70H,4-6,8-9,11-15,17-18,20-24,26-27,29,31-32,34,36-43,45-69H2,1-3H3/b10-7-,19-16-,28-25-,35-33-,44-30-. The van der Waals surface area contributed by atoms with E-state index in [0.717, 1.165) is 89.9 Å². The number of ether oxygens (including phenoxy) is 3. The van der Waals surface area contributed by atoms with E-state index in [2.05, 4.69) is 81.5 Å². The Hall–Kier alpha value is -2.89. The Balaban J connectivity index is 4.31. The summed E-state index contributed by atoms with van der Waals surface area (Å²) in [4.78, 5) is 38.4. The molecule has 0 rings (SSSR count). The number of hydrogen-bond acceptors (Lipinski definition) is 6. The van der Waals surface area contributed by atoms with Gasteiger partial charge in [-0.1, -0.05) is 326 Å². The van der Waals surface area contributed by atoms with Crippen molar-refractivity contribution in [3.05, 3.63) is 60.8 Å². The van der Waals surface area contributed by atoms with Crippen LogP contribution >= 0.6 is 0 Å². The number of esters is 3. The maximum absolute atomic E-state index is 13.0. The molecular formula is C73H132O6. The highest BCUT2D eigenvalue weighted by atomic mass is 16.6. The van der Waals surface area contributed by atoms with Crippen LogP contribution in [0.15, 0.2) is 60.8 Å². The van der Waals surface area contributed by atoms with Gasteiger partial charge in [0.2, 0.25) is 0 Å². The van der Waals surface area contributed by atoms with E-state index in [4.69, 9.17) is 14.2 Å². The van der Waals surface area contributed by atoms with Crippen molar-refractivity contribution in [3.8, 4) is 0 Å². The van der Waals surface area contributed by atoms with Crippen LogP contribution in [0.3, 0.4) is 0 Å². The van der Waals surface area contributed by atoms with Crippen molar-refractivity contribution in [2.45, 2.75) is 374 Å². The Morgan fingerprint density at radius 1 is 0.266 bits per heavy atom. The normalized spacial score (nSPS) is 12.4. The van der Waals surface area contributed by atoms with Crippen LogP contribution in [0.25, 0.3) is 0 Å². The molecular weight excluding hydrogens is 973 g/mol. The number of carbonyl (C=O) groups is 3. The topological polar surface area (TPSA) is 78.9 Å². The highest BCUT2D eigenvalue weighted by Gasteiger charge is 2.19. The molecule has 6 nitrogen and oxygen atoms in total. The quantitative estimate of drug-likeness (QED) is 0.0261. The predicted octanol–water partition coefficient (Wildman–Crippen LogP) is 23.9. The highest BCUT2D eigenvalue weighted by Crippen LogP contribution is 2.18. The zero-order valence-electron chi connectivity index (χ0n) is 52.9. The van der Waals surface area contributed by atoms with E-state index in [-0.39, 0.29) is 31.1 Å². The molecule has 0 saturated carbocycles. The van der Waals surface area contributed by atoms with Crippen LogP contribution in [0.1, 0.15) is 367 Å². The summed E-state index contributed by atoms with van der Waals surface area (Å²) in [6, 6.07) is 0. The molecule has 0 spiro atoms. The highest BCUT2D eigenvalue weighted by molar-refractivity contribution is 5.71. The molecule has 0 fully saturated rings. The van der Waals surface area contributed by atoms with Gasteiger partial charge in [0.15, 0.2) is 6.10 Å². The Labute approximate surface area is 491 Å². The molecule has 0 bridgehead atoms. The first-order chi connectivity index (χ1) is 39.0. The number of unbranched alkanes of at least 4 members (excludes halogenated alkanes) is 43. The summed E-state index contributed by atoms with van der Waals surface area (Å²) in [5, 5.41) is 0. The van der Waals surface area contributed by atoms with Crippen molar-refractivity contribution in [1.82, 2.24) is 0 Å². The molecule has 79 heavy (non-hydrogen) atoms. The van der Waals surface area contributed by atoms with Gasteiger partial charge in [-0.3, -0.25) is 14.4 Å². The van der Waals surface area contributed by atoms with Gasteiger partial charge in [-0.05, 0) is 83.5 Å². The van der Waals surface area contributed by atoms with Crippen LogP contribution in [0.4, 0.5) is 0 Å². The molecule has 0 aliphatic rings. The molecule has 0 amide bonds. The summed E-state index contributed by atoms with van der Waals surface area (Å²) >= 11 is 0. The SMILES string of the molecule is CC/C=C\C/C=C\C/C=C\C/C=C\CCCCCCCCCCCCCCC(=O)OCC(COC(=O)CCCCCCC/C=C\CCCCCCCCC)OC(=O)CCCCCCCCCCCCCCCCCCCCCC. The molecule has 0 aromatic heterocycles. The number of hydrogen-bond donors (Lipinski definition) is 0.